The third-order valence-corrected chi connectivity index (χ3v) is 5.88. The van der Waals surface area contributed by atoms with Crippen LogP contribution in [0.3, 0.4) is 0 Å². The van der Waals surface area contributed by atoms with Crippen LogP contribution in [0.1, 0.15) is 30.9 Å². The van der Waals surface area contributed by atoms with Crippen molar-refractivity contribution in [1.29, 1.82) is 0 Å². The molecule has 0 saturated carbocycles. The molecule has 3 fully saturated rings. The first-order chi connectivity index (χ1) is 13.2. The minimum Gasteiger partial charge on any atom is -0.378 e. The maximum atomic E-state index is 12.9. The minimum atomic E-state index is -0.207. The van der Waals surface area contributed by atoms with Crippen LogP contribution < -0.4 is 10.9 Å². The summed E-state index contributed by atoms with van der Waals surface area (Å²) in [6.07, 6.45) is 2.25. The van der Waals surface area contributed by atoms with E-state index in [1.165, 1.54) is 5.56 Å². The van der Waals surface area contributed by atoms with Crippen molar-refractivity contribution in [3.05, 3.63) is 35.9 Å². The van der Waals surface area contributed by atoms with Gasteiger partial charge in [-0.25, -0.2) is 10.9 Å². The van der Waals surface area contributed by atoms with Crippen LogP contribution in [0, 0.1) is 5.92 Å². The Kier molecular flexibility index (Phi) is 5.71. The van der Waals surface area contributed by atoms with Crippen molar-refractivity contribution in [3.8, 4) is 0 Å². The van der Waals surface area contributed by atoms with E-state index in [1.54, 1.807) is 0 Å². The van der Waals surface area contributed by atoms with Gasteiger partial charge in [-0.3, -0.25) is 9.59 Å². The van der Waals surface area contributed by atoms with Crippen LogP contribution in [0.4, 0.5) is 0 Å². The van der Waals surface area contributed by atoms with Crippen molar-refractivity contribution in [3.63, 3.8) is 0 Å². The highest BCUT2D eigenvalue weighted by atomic mass is 16.5. The van der Waals surface area contributed by atoms with E-state index < -0.39 is 0 Å². The Labute approximate surface area is 160 Å². The number of carbonyl (C=O) groups excluding carboxylic acids is 2. The number of rotatable bonds is 3. The zero-order valence-electron chi connectivity index (χ0n) is 15.6. The smallest absolute Gasteiger partial charge is 0.241 e. The van der Waals surface area contributed by atoms with Gasteiger partial charge in [0.1, 0.15) is 6.04 Å². The Morgan fingerprint density at radius 3 is 2.26 bits per heavy atom. The molecular weight excluding hydrogens is 344 g/mol. The number of amides is 2. The van der Waals surface area contributed by atoms with Gasteiger partial charge < -0.3 is 14.5 Å². The first-order valence-electron chi connectivity index (χ1n) is 9.93. The normalized spacial score (nSPS) is 27.0. The fourth-order valence-corrected chi connectivity index (χ4v) is 4.23. The lowest BCUT2D eigenvalue weighted by molar-refractivity contribution is -0.144. The Morgan fingerprint density at radius 2 is 1.56 bits per heavy atom. The monoisotopic (exact) mass is 372 g/mol. The standard InChI is InChI=1S/C20H28N4O3/c25-19(24-10-12-27-13-11-24)16-6-8-23(9-7-16)20(26)18-14-17(21-22-18)15-4-2-1-3-5-15/h1-5,16-18,21-22H,6-14H2. The van der Waals surface area contributed by atoms with Crippen LogP contribution >= 0.6 is 0 Å². The van der Waals surface area contributed by atoms with Crippen molar-refractivity contribution in [1.82, 2.24) is 20.7 Å². The number of hydrogen-bond acceptors (Lipinski definition) is 5. The lowest BCUT2D eigenvalue weighted by Gasteiger charge is -2.36. The SMILES string of the molecule is O=C(C1CCN(C(=O)C2CC(c3ccccc3)NN2)CC1)N1CCOCC1. The molecule has 1 aromatic carbocycles. The van der Waals surface area contributed by atoms with Crippen LogP contribution in [0.2, 0.25) is 0 Å². The van der Waals surface area contributed by atoms with Gasteiger partial charge in [-0.15, -0.1) is 0 Å². The molecule has 2 atom stereocenters. The zero-order chi connectivity index (χ0) is 18.6. The van der Waals surface area contributed by atoms with Crippen molar-refractivity contribution in [2.75, 3.05) is 39.4 Å². The van der Waals surface area contributed by atoms with Crippen LogP contribution in [-0.4, -0.2) is 67.0 Å². The lowest BCUT2D eigenvalue weighted by Crippen LogP contribution is -2.51. The highest BCUT2D eigenvalue weighted by Gasteiger charge is 2.36. The molecule has 3 saturated heterocycles. The van der Waals surface area contributed by atoms with Crippen LogP contribution in [-0.2, 0) is 14.3 Å². The second-order valence-electron chi connectivity index (χ2n) is 7.58. The summed E-state index contributed by atoms with van der Waals surface area (Å²) in [5.41, 5.74) is 7.59. The second kappa shape index (κ2) is 8.37. The molecule has 2 unspecified atom stereocenters. The molecule has 0 aliphatic carbocycles. The minimum absolute atomic E-state index is 0.0406. The van der Waals surface area contributed by atoms with Gasteiger partial charge in [0.2, 0.25) is 11.8 Å². The van der Waals surface area contributed by atoms with Gasteiger partial charge in [-0.2, -0.15) is 0 Å². The number of carbonyl (C=O) groups is 2. The van der Waals surface area contributed by atoms with E-state index in [0.717, 1.165) is 19.3 Å². The summed E-state index contributed by atoms with van der Waals surface area (Å²) in [6.45, 7) is 3.96. The molecule has 7 nitrogen and oxygen atoms in total. The topological polar surface area (TPSA) is 73.9 Å². The van der Waals surface area contributed by atoms with Gasteiger partial charge in [-0.1, -0.05) is 30.3 Å². The number of hydrogen-bond donors (Lipinski definition) is 2. The molecule has 1 aromatic rings. The van der Waals surface area contributed by atoms with Crippen molar-refractivity contribution in [2.24, 2.45) is 5.92 Å². The lowest BCUT2D eigenvalue weighted by atomic mass is 9.94. The summed E-state index contributed by atoms with van der Waals surface area (Å²) in [6, 6.07) is 10.1. The number of piperidine rings is 1. The maximum absolute atomic E-state index is 12.9. The molecule has 0 aromatic heterocycles. The third kappa shape index (κ3) is 4.15. The molecule has 0 bridgehead atoms. The number of nitrogens with zero attached hydrogens (tertiary/aromatic N) is 2. The number of ether oxygens (including phenoxy) is 1. The summed E-state index contributed by atoms with van der Waals surface area (Å²) in [4.78, 5) is 29.3. The van der Waals surface area contributed by atoms with Gasteiger partial charge in [0.15, 0.2) is 0 Å². The summed E-state index contributed by atoms with van der Waals surface area (Å²) >= 11 is 0. The van der Waals surface area contributed by atoms with Crippen molar-refractivity contribution < 1.29 is 14.3 Å². The second-order valence-corrected chi connectivity index (χ2v) is 7.58. The quantitative estimate of drug-likeness (QED) is 0.817. The summed E-state index contributed by atoms with van der Waals surface area (Å²) < 4.78 is 5.32. The first-order valence-corrected chi connectivity index (χ1v) is 9.93. The van der Waals surface area contributed by atoms with Crippen molar-refractivity contribution in [2.45, 2.75) is 31.3 Å². The predicted molar refractivity (Wildman–Crippen MR) is 101 cm³/mol. The fourth-order valence-electron chi connectivity index (χ4n) is 4.23. The molecule has 0 spiro atoms. The third-order valence-electron chi connectivity index (χ3n) is 5.88. The number of morpholine rings is 1. The van der Waals surface area contributed by atoms with E-state index >= 15 is 0 Å². The van der Waals surface area contributed by atoms with Crippen LogP contribution in [0.25, 0.3) is 0 Å². The van der Waals surface area contributed by atoms with E-state index in [4.69, 9.17) is 4.74 Å². The Hall–Kier alpha value is -1.96. The molecule has 3 aliphatic rings. The summed E-state index contributed by atoms with van der Waals surface area (Å²) in [5, 5.41) is 0. The largest absolute Gasteiger partial charge is 0.378 e. The molecule has 7 heteroatoms. The van der Waals surface area contributed by atoms with Crippen LogP contribution in [0.15, 0.2) is 30.3 Å². The number of nitrogens with one attached hydrogen (secondary N) is 2. The molecule has 27 heavy (non-hydrogen) atoms. The van der Waals surface area contributed by atoms with E-state index in [2.05, 4.69) is 23.0 Å². The van der Waals surface area contributed by atoms with E-state index in [-0.39, 0.29) is 29.8 Å². The first kappa shape index (κ1) is 18.4. The van der Waals surface area contributed by atoms with Gasteiger partial charge >= 0.3 is 0 Å². The molecule has 146 valence electrons. The van der Waals surface area contributed by atoms with E-state index in [0.29, 0.717) is 39.4 Å². The molecule has 4 rings (SSSR count). The van der Waals surface area contributed by atoms with Gasteiger partial charge in [0, 0.05) is 38.1 Å². The van der Waals surface area contributed by atoms with E-state index in [1.807, 2.05) is 28.0 Å². The maximum Gasteiger partial charge on any atom is 0.241 e. The Bertz CT molecular complexity index is 654. The average molecular weight is 372 g/mol. The molecule has 3 heterocycles. The average Bonchev–Trinajstić information content (AvgIpc) is 3.24. The number of likely N-dealkylation sites (tertiary alicyclic amines) is 1. The molecule has 2 amide bonds. The zero-order valence-corrected chi connectivity index (χ0v) is 15.6. The molecule has 0 radical (unpaired) electrons. The highest BCUT2D eigenvalue weighted by molar-refractivity contribution is 5.83. The summed E-state index contributed by atoms with van der Waals surface area (Å²) in [7, 11) is 0. The van der Waals surface area contributed by atoms with E-state index in [9.17, 15) is 9.59 Å². The number of hydrazine groups is 1. The highest BCUT2D eigenvalue weighted by Crippen LogP contribution is 2.25. The van der Waals surface area contributed by atoms with Gasteiger partial charge in [0.25, 0.3) is 0 Å². The Balaban J connectivity index is 1.27. The molecule has 3 aliphatic heterocycles. The Morgan fingerprint density at radius 1 is 0.889 bits per heavy atom. The summed E-state index contributed by atoms with van der Waals surface area (Å²) in [5.74, 6) is 0.410. The van der Waals surface area contributed by atoms with Gasteiger partial charge in [0.05, 0.1) is 13.2 Å². The van der Waals surface area contributed by atoms with Crippen LogP contribution in [0.5, 0.6) is 0 Å². The number of benzene rings is 1. The van der Waals surface area contributed by atoms with Crippen molar-refractivity contribution >= 4 is 11.8 Å². The predicted octanol–water partition coefficient (Wildman–Crippen LogP) is 0.692. The molecule has 2 N–H and O–H groups in total. The fraction of sp³-hybridized carbons (Fsp3) is 0.600. The van der Waals surface area contributed by atoms with Gasteiger partial charge in [-0.05, 0) is 24.8 Å². The molecular formula is C20H28N4O3.